The summed E-state index contributed by atoms with van der Waals surface area (Å²) < 4.78 is 2.39. The molecule has 1 nitrogen and oxygen atoms in total. The predicted octanol–water partition coefficient (Wildman–Crippen LogP) is 6.11. The smallest absolute Gasteiger partial charge is 0.0567 e. The van der Waals surface area contributed by atoms with Gasteiger partial charge in [0, 0.05) is 0 Å². The summed E-state index contributed by atoms with van der Waals surface area (Å²) in [6.07, 6.45) is 1.44. The van der Waals surface area contributed by atoms with E-state index in [1.54, 1.807) is 43.0 Å². The number of rotatable bonds is 4. The maximum atomic E-state index is 11.1. The Kier molecular flexibility index (Phi) is 11.8. The molecule has 3 rings (SSSR count). The molecule has 4 heteroatoms. The van der Waals surface area contributed by atoms with Gasteiger partial charge < -0.3 is 0 Å². The number of ketones is 1. The van der Waals surface area contributed by atoms with Gasteiger partial charge in [0.05, 0.1) is 4.21 Å². The normalized spacial score (nSPS) is 9.42. The number of thiophene rings is 1. The molecule has 26 heavy (non-hydrogen) atoms. The van der Waals surface area contributed by atoms with Gasteiger partial charge in [-0.25, -0.2) is 0 Å². The number of hydrogen-bond acceptors (Lipinski definition) is 3. The summed E-state index contributed by atoms with van der Waals surface area (Å²) in [6, 6.07) is 20.9. The zero-order valence-corrected chi connectivity index (χ0v) is 20.1. The van der Waals surface area contributed by atoms with Crippen molar-refractivity contribution in [1.29, 1.82) is 0 Å². The van der Waals surface area contributed by atoms with E-state index >= 15 is 0 Å². The summed E-state index contributed by atoms with van der Waals surface area (Å²) >= 11 is 7.38. The van der Waals surface area contributed by atoms with Crippen molar-refractivity contribution in [2.45, 2.75) is 37.8 Å². The first-order chi connectivity index (χ1) is 12.6. The van der Waals surface area contributed by atoms with Crippen molar-refractivity contribution >= 4 is 33.0 Å². The van der Waals surface area contributed by atoms with Gasteiger partial charge in [-0.05, 0) is 11.4 Å². The van der Waals surface area contributed by atoms with Crippen LogP contribution in [0.3, 0.4) is 0 Å². The van der Waals surface area contributed by atoms with Crippen molar-refractivity contribution in [3.05, 3.63) is 71.6 Å². The van der Waals surface area contributed by atoms with E-state index in [1.165, 1.54) is 20.0 Å². The van der Waals surface area contributed by atoms with Gasteiger partial charge in [-0.1, -0.05) is 19.9 Å². The SMILES string of the molecule is CC.CC(=O)CCc1ccccc1-c1cccc([At])c1.Sc1cccs1. The molecule has 0 N–H and O–H groups in total. The predicted molar refractivity (Wildman–Crippen MR) is 113 cm³/mol. The largest absolute Gasteiger partial charge is 0.138 e. The van der Waals surface area contributed by atoms with Crippen molar-refractivity contribution in [3.8, 4) is 11.1 Å². The molecule has 0 amide bonds. The Morgan fingerprint density at radius 2 is 1.77 bits per heavy atom. The molecule has 0 fully saturated rings. The molecule has 138 valence electrons. The van der Waals surface area contributed by atoms with Crippen LogP contribution in [0.4, 0.5) is 0 Å². The summed E-state index contributed by atoms with van der Waals surface area (Å²) in [6.45, 7) is 5.65. The fourth-order valence-electron chi connectivity index (χ4n) is 2.26. The number of carbonyl (C=O) groups excluding carboxylic acids is 1. The van der Waals surface area contributed by atoms with E-state index < -0.39 is 0 Å². The Labute approximate surface area is 182 Å². The minimum Gasteiger partial charge on any atom is -0.138 e. The molecule has 0 saturated carbocycles. The second-order valence-electron chi connectivity index (χ2n) is 5.32. The molecule has 1 aromatic heterocycles. The summed E-state index contributed by atoms with van der Waals surface area (Å²) in [5.41, 5.74) is 3.75. The first-order valence-corrected chi connectivity index (χ1v) is 11.4. The molecule has 0 unspecified atom stereocenters. The minimum atomic E-state index is 0.247. The number of hydrogen-bond donors (Lipinski definition) is 1. The van der Waals surface area contributed by atoms with Crippen LogP contribution in [0.2, 0.25) is 0 Å². The Morgan fingerprint density at radius 1 is 1.04 bits per heavy atom. The third-order valence-electron chi connectivity index (χ3n) is 3.41. The molecular formula is C22H25AtOS2. The zero-order chi connectivity index (χ0) is 19.4. The van der Waals surface area contributed by atoms with E-state index in [2.05, 4.69) is 55.1 Å². The molecule has 0 aliphatic heterocycles. The Morgan fingerprint density at radius 3 is 2.31 bits per heavy atom. The van der Waals surface area contributed by atoms with Crippen LogP contribution in [0.15, 0.2) is 70.3 Å². The average Bonchev–Trinajstić information content (AvgIpc) is 3.13. The molecular weight excluding hydrogens is 554 g/mol. The van der Waals surface area contributed by atoms with Crippen molar-refractivity contribution < 1.29 is 29.5 Å². The van der Waals surface area contributed by atoms with Crippen molar-refractivity contribution in [3.63, 3.8) is 0 Å². The monoisotopic (exact) mass is 579 g/mol. The molecule has 0 aliphatic carbocycles. The topological polar surface area (TPSA) is 17.1 Å². The van der Waals surface area contributed by atoms with Crippen LogP contribution in [0, 0.1) is 24.7 Å². The molecule has 3 aromatic rings. The van der Waals surface area contributed by atoms with Gasteiger partial charge in [0.15, 0.2) is 0 Å². The van der Waals surface area contributed by atoms with Crippen LogP contribution in [0.1, 0.15) is 32.8 Å². The first kappa shape index (κ1) is 23.1. The number of aryl methyl sites for hydroxylation is 1. The summed E-state index contributed by atoms with van der Waals surface area (Å²) in [4.78, 5) is 11.1. The van der Waals surface area contributed by atoms with Gasteiger partial charge in [-0.2, -0.15) is 0 Å². The number of carbonyl (C=O) groups is 1. The number of Topliss-reactive ketones (excluding diaryl/α,β-unsaturated/α-hetero) is 1. The van der Waals surface area contributed by atoms with Crippen LogP contribution < -0.4 is 3.27 Å². The molecule has 1 heterocycles. The van der Waals surface area contributed by atoms with Gasteiger partial charge in [-0.15, -0.1) is 24.0 Å². The Balaban J connectivity index is 0.000000353. The molecule has 0 radical (unpaired) electrons. The summed E-state index contributed by atoms with van der Waals surface area (Å²) in [5.74, 6) is 0.247. The number of benzene rings is 2. The summed E-state index contributed by atoms with van der Waals surface area (Å²) in [7, 11) is 0. The van der Waals surface area contributed by atoms with Crippen LogP contribution in [-0.2, 0) is 11.2 Å². The second kappa shape index (κ2) is 13.2. The fraction of sp³-hybridized carbons (Fsp3) is 0.227. The quantitative estimate of drug-likeness (QED) is 0.369. The Hall–Kier alpha value is -0.957. The van der Waals surface area contributed by atoms with E-state index in [0.29, 0.717) is 6.42 Å². The van der Waals surface area contributed by atoms with Crippen LogP contribution >= 0.6 is 24.0 Å². The third kappa shape index (κ3) is 8.62. The fourth-order valence-corrected chi connectivity index (χ4v) is 3.72. The zero-order valence-electron chi connectivity index (χ0n) is 15.4. The van der Waals surface area contributed by atoms with E-state index in [1.807, 2.05) is 37.4 Å². The van der Waals surface area contributed by atoms with E-state index in [4.69, 9.17) is 0 Å². The van der Waals surface area contributed by atoms with E-state index in [-0.39, 0.29) is 5.78 Å². The van der Waals surface area contributed by atoms with E-state index in [9.17, 15) is 4.79 Å². The Bertz CT molecular complexity index is 782. The van der Waals surface area contributed by atoms with Crippen LogP contribution in [0.25, 0.3) is 11.1 Å². The van der Waals surface area contributed by atoms with Crippen LogP contribution in [-0.4, -0.2) is 5.78 Å². The van der Waals surface area contributed by atoms with Crippen molar-refractivity contribution in [1.82, 2.24) is 0 Å². The molecule has 2 aromatic carbocycles. The maximum Gasteiger partial charge on any atom is 0.0567 e. The minimum absolute atomic E-state index is 0.247. The van der Waals surface area contributed by atoms with Gasteiger partial charge in [0.25, 0.3) is 0 Å². The van der Waals surface area contributed by atoms with Crippen LogP contribution in [0.5, 0.6) is 0 Å². The molecule has 0 saturated heterocycles. The summed E-state index contributed by atoms with van der Waals surface area (Å²) in [5, 5.41) is 2.00. The van der Waals surface area contributed by atoms with Gasteiger partial charge in [-0.3, -0.25) is 0 Å². The second-order valence-corrected chi connectivity index (χ2v) is 8.75. The van der Waals surface area contributed by atoms with E-state index in [0.717, 1.165) is 10.6 Å². The van der Waals surface area contributed by atoms with Crippen molar-refractivity contribution in [2.24, 2.45) is 0 Å². The van der Waals surface area contributed by atoms with Gasteiger partial charge >= 0.3 is 124 Å². The first-order valence-electron chi connectivity index (χ1n) is 8.62. The van der Waals surface area contributed by atoms with Gasteiger partial charge in [0.1, 0.15) is 0 Å². The molecule has 0 bridgehead atoms. The van der Waals surface area contributed by atoms with Gasteiger partial charge in [0.2, 0.25) is 0 Å². The standard InChI is InChI=1S/C16H15AtO.C4H4S2.C2H6/c1-12(18)9-10-13-5-2-3-8-16(13)14-6-4-7-15(17)11-14;5-4-2-1-3-6-4;1-2/h2-8,11H,9-10H2,1H3;1-3,5H;1-2H3. The maximum absolute atomic E-state index is 11.1. The molecule has 0 aliphatic rings. The number of thiol groups is 1. The van der Waals surface area contributed by atoms with Crippen molar-refractivity contribution in [2.75, 3.05) is 0 Å². The molecule has 0 atom stereocenters. The molecule has 0 spiro atoms. The third-order valence-corrected chi connectivity index (χ3v) is 5.46. The average molecular weight is 580 g/mol.